The van der Waals surface area contributed by atoms with Crippen LogP contribution in [-0.2, 0) is 0 Å². The van der Waals surface area contributed by atoms with Gasteiger partial charge in [-0.15, -0.1) is 18.2 Å². The van der Waals surface area contributed by atoms with Crippen molar-refractivity contribution >= 4 is 23.3 Å². The molecular formula is C10H14N4OS. The Kier molecular flexibility index (Phi) is 5.29. The number of hydrogen-bond donors (Lipinski definition) is 2. The molecule has 16 heavy (non-hydrogen) atoms. The molecule has 1 aromatic rings. The van der Waals surface area contributed by atoms with Crippen molar-refractivity contribution in [3.63, 3.8) is 0 Å². The molecule has 0 radical (unpaired) electrons. The van der Waals surface area contributed by atoms with Crippen LogP contribution in [0.5, 0.6) is 5.88 Å². The Labute approximate surface area is 99.2 Å². The van der Waals surface area contributed by atoms with Crippen LogP contribution in [-0.4, -0.2) is 35.1 Å². The largest absolute Gasteiger partial charge is 0.479 e. The monoisotopic (exact) mass is 238 g/mol. The first-order chi connectivity index (χ1) is 7.79. The Bertz CT molecular complexity index is 378. The highest BCUT2D eigenvalue weighted by atomic mass is 32.2. The molecule has 0 aliphatic carbocycles. The first kappa shape index (κ1) is 12.5. The van der Waals surface area contributed by atoms with E-state index in [1.54, 1.807) is 11.8 Å². The van der Waals surface area contributed by atoms with Crippen molar-refractivity contribution in [3.05, 3.63) is 6.33 Å². The molecular weight excluding hydrogens is 224 g/mol. The number of nitrogen functional groups attached to an aromatic ring is 1. The van der Waals surface area contributed by atoms with Crippen molar-refractivity contribution in [1.29, 1.82) is 0 Å². The first-order valence-electron chi connectivity index (χ1n) is 4.69. The number of hydrogen-bond acceptors (Lipinski definition) is 6. The van der Waals surface area contributed by atoms with E-state index in [2.05, 4.69) is 21.2 Å². The third-order valence-electron chi connectivity index (χ3n) is 1.76. The summed E-state index contributed by atoms with van der Waals surface area (Å²) in [6.45, 7) is 0.747. The fourth-order valence-electron chi connectivity index (χ4n) is 1.06. The molecule has 0 saturated heterocycles. The fourth-order valence-corrected chi connectivity index (χ4v) is 1.56. The van der Waals surface area contributed by atoms with E-state index in [1.807, 2.05) is 0 Å². The lowest BCUT2D eigenvalue weighted by Gasteiger charge is -2.09. The van der Waals surface area contributed by atoms with Gasteiger partial charge in [-0.2, -0.15) is 4.98 Å². The molecule has 0 aliphatic rings. The lowest BCUT2D eigenvalue weighted by Crippen LogP contribution is -2.09. The SMILES string of the molecule is C#CCSCCNc1ncnc(OC)c1N. The number of aromatic nitrogens is 2. The summed E-state index contributed by atoms with van der Waals surface area (Å²) in [7, 11) is 1.52. The number of methoxy groups -OCH3 is 1. The van der Waals surface area contributed by atoms with Gasteiger partial charge in [0.15, 0.2) is 5.82 Å². The summed E-state index contributed by atoms with van der Waals surface area (Å²) < 4.78 is 4.98. The third-order valence-corrected chi connectivity index (χ3v) is 2.63. The van der Waals surface area contributed by atoms with Gasteiger partial charge in [-0.3, -0.25) is 0 Å². The maximum absolute atomic E-state index is 5.78. The highest BCUT2D eigenvalue weighted by molar-refractivity contribution is 7.99. The van der Waals surface area contributed by atoms with Crippen LogP contribution >= 0.6 is 11.8 Å². The predicted molar refractivity (Wildman–Crippen MR) is 67.6 cm³/mol. The molecule has 0 fully saturated rings. The molecule has 1 rings (SSSR count). The molecule has 1 aromatic heterocycles. The van der Waals surface area contributed by atoms with Gasteiger partial charge in [-0.05, 0) is 0 Å². The maximum Gasteiger partial charge on any atom is 0.242 e. The van der Waals surface area contributed by atoms with Crippen LogP contribution in [0.2, 0.25) is 0 Å². The zero-order chi connectivity index (χ0) is 11.8. The number of terminal acetylenes is 1. The minimum atomic E-state index is 0.383. The summed E-state index contributed by atoms with van der Waals surface area (Å²) in [6, 6.07) is 0. The standard InChI is InChI=1S/C10H14N4OS/c1-3-5-16-6-4-12-9-8(11)10(15-2)14-7-13-9/h1,7H,4-6,11H2,2H3,(H,12,13,14). The smallest absolute Gasteiger partial charge is 0.242 e. The summed E-state index contributed by atoms with van der Waals surface area (Å²) in [4.78, 5) is 7.91. The van der Waals surface area contributed by atoms with Crippen LogP contribution in [0.15, 0.2) is 6.33 Å². The molecule has 0 aromatic carbocycles. The van der Waals surface area contributed by atoms with Crippen LogP contribution < -0.4 is 15.8 Å². The van der Waals surface area contributed by atoms with Crippen LogP contribution in [0.25, 0.3) is 0 Å². The topological polar surface area (TPSA) is 73.1 Å². The highest BCUT2D eigenvalue weighted by Gasteiger charge is 2.06. The van der Waals surface area contributed by atoms with Crippen LogP contribution in [0.3, 0.4) is 0 Å². The van der Waals surface area contributed by atoms with Gasteiger partial charge in [0.2, 0.25) is 5.88 Å². The summed E-state index contributed by atoms with van der Waals surface area (Å²) >= 11 is 1.67. The molecule has 0 aliphatic heterocycles. The molecule has 1 heterocycles. The fraction of sp³-hybridized carbons (Fsp3) is 0.400. The molecule has 86 valence electrons. The van der Waals surface area contributed by atoms with Gasteiger partial charge in [-0.25, -0.2) is 4.98 Å². The van der Waals surface area contributed by atoms with Gasteiger partial charge in [0.25, 0.3) is 0 Å². The minimum Gasteiger partial charge on any atom is -0.479 e. The number of ether oxygens (including phenoxy) is 1. The molecule has 0 spiro atoms. The van der Waals surface area contributed by atoms with Gasteiger partial charge >= 0.3 is 0 Å². The van der Waals surface area contributed by atoms with Crippen LogP contribution in [0.4, 0.5) is 11.5 Å². The molecule has 5 nitrogen and oxygen atoms in total. The number of nitrogens with two attached hydrogens (primary N) is 1. The van der Waals surface area contributed by atoms with Crippen molar-refractivity contribution in [3.8, 4) is 18.2 Å². The van der Waals surface area contributed by atoms with E-state index in [9.17, 15) is 0 Å². The third kappa shape index (κ3) is 3.51. The van der Waals surface area contributed by atoms with Gasteiger partial charge in [-0.1, -0.05) is 5.92 Å². The summed E-state index contributed by atoms with van der Waals surface area (Å²) in [5.41, 5.74) is 6.21. The Hall–Kier alpha value is -1.61. The zero-order valence-corrected chi connectivity index (χ0v) is 9.88. The van der Waals surface area contributed by atoms with E-state index in [0.29, 0.717) is 23.1 Å². The van der Waals surface area contributed by atoms with Gasteiger partial charge < -0.3 is 15.8 Å². The number of thioether (sulfide) groups is 1. The van der Waals surface area contributed by atoms with E-state index in [1.165, 1.54) is 13.4 Å². The molecule has 6 heteroatoms. The Morgan fingerprint density at radius 3 is 3.12 bits per heavy atom. The van der Waals surface area contributed by atoms with E-state index < -0.39 is 0 Å². The summed E-state index contributed by atoms with van der Waals surface area (Å²) in [5, 5.41) is 3.10. The Morgan fingerprint density at radius 1 is 1.62 bits per heavy atom. The Balaban J connectivity index is 2.45. The van der Waals surface area contributed by atoms with Gasteiger partial charge in [0.05, 0.1) is 12.9 Å². The quantitative estimate of drug-likeness (QED) is 0.565. The summed E-state index contributed by atoms with van der Waals surface area (Å²) in [5.74, 6) is 5.15. The normalized spacial score (nSPS) is 9.50. The minimum absolute atomic E-state index is 0.383. The van der Waals surface area contributed by atoms with Crippen molar-refractivity contribution < 1.29 is 4.74 Å². The second kappa shape index (κ2) is 6.80. The average molecular weight is 238 g/mol. The van der Waals surface area contributed by atoms with Crippen LogP contribution in [0.1, 0.15) is 0 Å². The molecule has 0 unspecified atom stereocenters. The predicted octanol–water partition coefficient (Wildman–Crippen LogP) is 0.846. The average Bonchev–Trinajstić information content (AvgIpc) is 2.31. The number of anilines is 2. The first-order valence-corrected chi connectivity index (χ1v) is 5.84. The van der Waals surface area contributed by atoms with E-state index in [4.69, 9.17) is 16.9 Å². The Morgan fingerprint density at radius 2 is 2.44 bits per heavy atom. The highest BCUT2D eigenvalue weighted by Crippen LogP contribution is 2.23. The van der Waals surface area contributed by atoms with Crippen molar-refractivity contribution in [1.82, 2.24) is 9.97 Å². The maximum atomic E-state index is 5.78. The van der Waals surface area contributed by atoms with Crippen molar-refractivity contribution in [2.45, 2.75) is 0 Å². The van der Waals surface area contributed by atoms with Gasteiger partial charge in [0, 0.05) is 12.3 Å². The zero-order valence-electron chi connectivity index (χ0n) is 9.06. The molecule has 0 saturated carbocycles. The molecule has 0 atom stereocenters. The second-order valence-electron chi connectivity index (χ2n) is 2.83. The van der Waals surface area contributed by atoms with E-state index >= 15 is 0 Å². The number of nitrogens with zero attached hydrogens (tertiary/aromatic N) is 2. The second-order valence-corrected chi connectivity index (χ2v) is 3.93. The molecule has 0 bridgehead atoms. The van der Waals surface area contributed by atoms with E-state index in [-0.39, 0.29) is 0 Å². The van der Waals surface area contributed by atoms with Crippen LogP contribution in [0, 0.1) is 12.3 Å². The molecule has 0 amide bonds. The lowest BCUT2D eigenvalue weighted by molar-refractivity contribution is 0.399. The molecule has 3 N–H and O–H groups in total. The lowest BCUT2D eigenvalue weighted by atomic mass is 10.4. The van der Waals surface area contributed by atoms with Gasteiger partial charge in [0.1, 0.15) is 12.0 Å². The summed E-state index contributed by atoms with van der Waals surface area (Å²) in [6.07, 6.45) is 6.54. The van der Waals surface area contributed by atoms with E-state index in [0.717, 1.165) is 12.3 Å². The van der Waals surface area contributed by atoms with Crippen molar-refractivity contribution in [2.24, 2.45) is 0 Å². The number of nitrogens with one attached hydrogen (secondary N) is 1. The number of rotatable bonds is 6. The van der Waals surface area contributed by atoms with Crippen molar-refractivity contribution in [2.75, 3.05) is 36.2 Å².